The topological polar surface area (TPSA) is 60.5 Å². The molecule has 0 aliphatic rings. The van der Waals surface area contributed by atoms with Gasteiger partial charge in [0, 0.05) is 17.8 Å². The first-order chi connectivity index (χ1) is 17.9. The van der Waals surface area contributed by atoms with Gasteiger partial charge in [-0.1, -0.05) is 93.6 Å². The number of hydrogen-bond acceptors (Lipinski definition) is 4. The zero-order chi connectivity index (χ0) is 26.1. The first kappa shape index (κ1) is 25.9. The van der Waals surface area contributed by atoms with Crippen LogP contribution in [0, 0.1) is 0 Å². The molecule has 1 aromatic heterocycles. The Balaban J connectivity index is 1.35. The molecule has 4 aromatic rings. The van der Waals surface area contributed by atoms with Gasteiger partial charge in [0.25, 0.3) is 0 Å². The van der Waals surface area contributed by atoms with E-state index in [0.717, 1.165) is 22.3 Å². The van der Waals surface area contributed by atoms with Crippen molar-refractivity contribution in [3.05, 3.63) is 126 Å². The average molecular weight is 493 g/mol. The van der Waals surface area contributed by atoms with E-state index in [1.54, 1.807) is 24.4 Å². The van der Waals surface area contributed by atoms with Gasteiger partial charge in [0.15, 0.2) is 0 Å². The van der Waals surface area contributed by atoms with Gasteiger partial charge in [-0.15, -0.1) is 0 Å². The molecule has 5 nitrogen and oxygen atoms in total. The molecule has 0 atom stereocenters. The molecule has 5 heteroatoms. The van der Waals surface area contributed by atoms with Crippen LogP contribution in [0.3, 0.4) is 0 Å². The molecule has 3 aromatic carbocycles. The molecule has 4 rings (SSSR count). The number of amides is 1. The van der Waals surface area contributed by atoms with E-state index in [2.05, 4.69) is 31.1 Å². The van der Waals surface area contributed by atoms with Gasteiger partial charge in [-0.25, -0.2) is 4.98 Å². The molecule has 0 fully saturated rings. The van der Waals surface area contributed by atoms with E-state index in [4.69, 9.17) is 9.47 Å². The number of rotatable bonds is 9. The maximum atomic E-state index is 12.7. The van der Waals surface area contributed by atoms with E-state index in [-0.39, 0.29) is 11.3 Å². The first-order valence-electron chi connectivity index (χ1n) is 12.3. The van der Waals surface area contributed by atoms with Gasteiger partial charge in [0.05, 0.1) is 13.2 Å². The summed E-state index contributed by atoms with van der Waals surface area (Å²) in [7, 11) is 0. The van der Waals surface area contributed by atoms with Gasteiger partial charge in [-0.05, 0) is 46.4 Å². The van der Waals surface area contributed by atoms with Gasteiger partial charge in [-0.2, -0.15) is 0 Å². The second-order valence-electron chi connectivity index (χ2n) is 9.75. The third-order valence-corrected chi connectivity index (χ3v) is 5.72. The molecule has 1 N–H and O–H groups in total. The largest absolute Gasteiger partial charge is 0.437 e. The molecule has 0 aliphatic carbocycles. The fraction of sp³-hybridized carbons (Fsp3) is 0.188. The molecule has 1 heterocycles. The van der Waals surface area contributed by atoms with Crippen molar-refractivity contribution in [3.63, 3.8) is 0 Å². The quantitative estimate of drug-likeness (QED) is 0.245. The maximum absolute atomic E-state index is 12.7. The molecular weight excluding hydrogens is 460 g/mol. The lowest BCUT2D eigenvalue weighted by Crippen LogP contribution is -2.13. The van der Waals surface area contributed by atoms with Crippen molar-refractivity contribution < 1.29 is 14.3 Å². The van der Waals surface area contributed by atoms with Crippen LogP contribution in [-0.4, -0.2) is 10.9 Å². The number of hydrogen-bond donors (Lipinski definition) is 1. The van der Waals surface area contributed by atoms with Crippen molar-refractivity contribution in [2.75, 3.05) is 5.32 Å². The third kappa shape index (κ3) is 7.63. The standard InChI is InChI=1S/C32H32N2O3/c1-32(2,3)27-12-7-8-14-29(27)37-31-28(13-9-21-33-31)34-30(35)20-19-24-15-17-26(18-16-24)23-36-22-25-10-5-4-6-11-25/h4-21H,22-23H2,1-3H3,(H,34,35)/b20-19+. The Morgan fingerprint density at radius 1 is 0.838 bits per heavy atom. The lowest BCUT2D eigenvalue weighted by molar-refractivity contribution is -0.111. The van der Waals surface area contributed by atoms with Crippen LogP contribution in [-0.2, 0) is 28.2 Å². The minimum atomic E-state index is -0.266. The number of para-hydroxylation sites is 1. The number of nitrogens with one attached hydrogen (secondary N) is 1. The van der Waals surface area contributed by atoms with Crippen LogP contribution in [0.15, 0.2) is 103 Å². The third-order valence-electron chi connectivity index (χ3n) is 5.72. The number of nitrogens with zero attached hydrogens (tertiary/aromatic N) is 1. The minimum Gasteiger partial charge on any atom is -0.437 e. The van der Waals surface area contributed by atoms with Gasteiger partial charge in [0.2, 0.25) is 11.8 Å². The highest BCUT2D eigenvalue weighted by atomic mass is 16.5. The lowest BCUT2D eigenvalue weighted by atomic mass is 9.86. The van der Waals surface area contributed by atoms with E-state index in [0.29, 0.717) is 30.5 Å². The highest BCUT2D eigenvalue weighted by molar-refractivity contribution is 6.02. The molecule has 0 saturated heterocycles. The van der Waals surface area contributed by atoms with Gasteiger partial charge in [0.1, 0.15) is 11.4 Å². The lowest BCUT2D eigenvalue weighted by Gasteiger charge is -2.22. The summed E-state index contributed by atoms with van der Waals surface area (Å²) in [5.74, 6) is 0.797. The predicted molar refractivity (Wildman–Crippen MR) is 148 cm³/mol. The highest BCUT2D eigenvalue weighted by Gasteiger charge is 2.20. The average Bonchev–Trinajstić information content (AvgIpc) is 2.90. The number of benzene rings is 3. The zero-order valence-corrected chi connectivity index (χ0v) is 21.5. The van der Waals surface area contributed by atoms with E-state index in [9.17, 15) is 4.79 Å². The Kier molecular flexibility index (Phi) is 8.49. The summed E-state index contributed by atoms with van der Waals surface area (Å²) in [5.41, 5.74) is 4.61. The van der Waals surface area contributed by atoms with Gasteiger partial charge < -0.3 is 14.8 Å². The molecule has 0 saturated carbocycles. The number of ether oxygens (including phenoxy) is 2. The monoisotopic (exact) mass is 492 g/mol. The normalized spacial score (nSPS) is 11.4. The summed E-state index contributed by atoms with van der Waals surface area (Å²) in [6.07, 6.45) is 4.92. The molecule has 1 amide bonds. The fourth-order valence-corrected chi connectivity index (χ4v) is 3.78. The van der Waals surface area contributed by atoms with Crippen molar-refractivity contribution in [3.8, 4) is 11.6 Å². The minimum absolute atomic E-state index is 0.0961. The first-order valence-corrected chi connectivity index (χ1v) is 12.3. The van der Waals surface area contributed by atoms with E-state index in [1.165, 1.54) is 6.08 Å². The van der Waals surface area contributed by atoms with Crippen LogP contribution in [0.5, 0.6) is 11.6 Å². The molecule has 37 heavy (non-hydrogen) atoms. The summed E-state index contributed by atoms with van der Waals surface area (Å²) >= 11 is 0. The highest BCUT2D eigenvalue weighted by Crippen LogP contribution is 2.35. The van der Waals surface area contributed by atoms with Crippen LogP contribution in [0.4, 0.5) is 5.69 Å². The van der Waals surface area contributed by atoms with Crippen molar-refractivity contribution in [2.45, 2.75) is 39.4 Å². The molecule has 188 valence electrons. The molecule has 0 aliphatic heterocycles. The molecular formula is C32H32N2O3. The Morgan fingerprint density at radius 2 is 1.51 bits per heavy atom. The number of pyridine rings is 1. The maximum Gasteiger partial charge on any atom is 0.248 e. The van der Waals surface area contributed by atoms with Crippen LogP contribution in [0.2, 0.25) is 0 Å². The summed E-state index contributed by atoms with van der Waals surface area (Å²) < 4.78 is 11.9. The smallest absolute Gasteiger partial charge is 0.248 e. The molecule has 0 unspecified atom stereocenters. The summed E-state index contributed by atoms with van der Waals surface area (Å²) in [6.45, 7) is 7.49. The Hall–Kier alpha value is -4.22. The second kappa shape index (κ2) is 12.2. The van der Waals surface area contributed by atoms with Gasteiger partial charge >= 0.3 is 0 Å². The zero-order valence-electron chi connectivity index (χ0n) is 21.5. The summed E-state index contributed by atoms with van der Waals surface area (Å²) in [5, 5.41) is 2.88. The summed E-state index contributed by atoms with van der Waals surface area (Å²) in [6, 6.07) is 29.4. The number of anilines is 1. The van der Waals surface area contributed by atoms with E-state index >= 15 is 0 Å². The van der Waals surface area contributed by atoms with E-state index < -0.39 is 0 Å². The SMILES string of the molecule is CC(C)(C)c1ccccc1Oc1ncccc1NC(=O)/C=C/c1ccc(COCc2ccccc2)cc1. The molecule has 0 bridgehead atoms. The van der Waals surface area contributed by atoms with Crippen LogP contribution >= 0.6 is 0 Å². The van der Waals surface area contributed by atoms with Crippen molar-refractivity contribution >= 4 is 17.7 Å². The predicted octanol–water partition coefficient (Wildman–Crippen LogP) is 7.54. The van der Waals surface area contributed by atoms with Crippen LogP contribution in [0.1, 0.15) is 43.0 Å². The Labute approximate surface area is 218 Å². The van der Waals surface area contributed by atoms with Crippen LogP contribution < -0.4 is 10.1 Å². The molecule has 0 spiro atoms. The van der Waals surface area contributed by atoms with Crippen molar-refractivity contribution in [1.82, 2.24) is 4.98 Å². The van der Waals surface area contributed by atoms with Crippen molar-refractivity contribution in [1.29, 1.82) is 0 Å². The van der Waals surface area contributed by atoms with Gasteiger partial charge in [-0.3, -0.25) is 4.79 Å². The van der Waals surface area contributed by atoms with Crippen LogP contribution in [0.25, 0.3) is 6.08 Å². The van der Waals surface area contributed by atoms with E-state index in [1.807, 2.05) is 78.9 Å². The Morgan fingerprint density at radius 3 is 2.24 bits per heavy atom. The number of carbonyl (C=O) groups excluding carboxylic acids is 1. The summed E-state index contributed by atoms with van der Waals surface area (Å²) in [4.78, 5) is 17.0. The number of carbonyl (C=O) groups is 1. The number of aromatic nitrogens is 1. The molecule has 0 radical (unpaired) electrons. The fourth-order valence-electron chi connectivity index (χ4n) is 3.78. The Bertz CT molecular complexity index is 1340. The second-order valence-corrected chi connectivity index (χ2v) is 9.75. The van der Waals surface area contributed by atoms with Crippen molar-refractivity contribution in [2.24, 2.45) is 0 Å².